The second kappa shape index (κ2) is 8.45. The van der Waals surface area contributed by atoms with Crippen molar-refractivity contribution in [3.05, 3.63) is 54.1 Å². The van der Waals surface area contributed by atoms with Crippen molar-refractivity contribution in [1.82, 2.24) is 9.88 Å². The minimum atomic E-state index is -0.345. The number of amides is 1. The van der Waals surface area contributed by atoms with Gasteiger partial charge < -0.3 is 9.64 Å². The first-order valence-corrected chi connectivity index (χ1v) is 10.8. The second-order valence-electron chi connectivity index (χ2n) is 6.51. The summed E-state index contributed by atoms with van der Waals surface area (Å²) in [5.74, 6) is -0.236. The molecular weight excluding hydrogens is 402 g/mol. The maximum absolute atomic E-state index is 13.8. The molecule has 0 atom stereocenters. The van der Waals surface area contributed by atoms with Gasteiger partial charge in [0, 0.05) is 30.8 Å². The molecule has 4 nitrogen and oxygen atoms in total. The summed E-state index contributed by atoms with van der Waals surface area (Å²) in [4.78, 5) is 19.3. The van der Waals surface area contributed by atoms with Crippen molar-refractivity contribution in [1.29, 1.82) is 0 Å². The van der Waals surface area contributed by atoms with Crippen LogP contribution in [0, 0.1) is 11.6 Å². The van der Waals surface area contributed by atoms with Gasteiger partial charge in [-0.1, -0.05) is 17.4 Å². The zero-order valence-electron chi connectivity index (χ0n) is 14.9. The van der Waals surface area contributed by atoms with E-state index in [9.17, 15) is 13.6 Å². The van der Waals surface area contributed by atoms with Crippen molar-refractivity contribution in [3.8, 4) is 5.19 Å². The summed E-state index contributed by atoms with van der Waals surface area (Å²) in [5.41, 5.74) is 0.341. The number of nitrogens with zero attached hydrogens (tertiary/aromatic N) is 2. The maximum Gasteiger partial charge on any atom is 0.274 e. The van der Waals surface area contributed by atoms with Crippen molar-refractivity contribution in [2.75, 3.05) is 18.8 Å². The fourth-order valence-electron chi connectivity index (χ4n) is 3.08. The van der Waals surface area contributed by atoms with Crippen LogP contribution in [0.1, 0.15) is 12.8 Å². The topological polar surface area (TPSA) is 42.4 Å². The van der Waals surface area contributed by atoms with Crippen LogP contribution in [0.25, 0.3) is 10.2 Å². The number of aromatic nitrogens is 1. The summed E-state index contributed by atoms with van der Waals surface area (Å²) < 4.78 is 33.4. The molecule has 0 radical (unpaired) electrons. The summed E-state index contributed by atoms with van der Waals surface area (Å²) in [6.45, 7) is 1.24. The predicted molar refractivity (Wildman–Crippen MR) is 107 cm³/mol. The fourth-order valence-corrected chi connectivity index (χ4v) is 4.77. The number of rotatable bonds is 5. The van der Waals surface area contributed by atoms with E-state index in [0.717, 1.165) is 9.60 Å². The van der Waals surface area contributed by atoms with Gasteiger partial charge >= 0.3 is 0 Å². The molecule has 1 fully saturated rings. The lowest BCUT2D eigenvalue weighted by molar-refractivity contribution is -0.130. The highest BCUT2D eigenvalue weighted by atomic mass is 32.2. The van der Waals surface area contributed by atoms with Crippen LogP contribution in [0.3, 0.4) is 0 Å². The van der Waals surface area contributed by atoms with E-state index in [1.807, 2.05) is 11.0 Å². The molecule has 1 aliphatic heterocycles. The molecule has 2 aromatic carbocycles. The molecule has 3 aromatic rings. The first-order chi connectivity index (χ1) is 13.6. The van der Waals surface area contributed by atoms with Crippen LogP contribution < -0.4 is 4.74 Å². The van der Waals surface area contributed by atoms with Gasteiger partial charge in [0.05, 0.1) is 10.5 Å². The van der Waals surface area contributed by atoms with Gasteiger partial charge in [-0.2, -0.15) is 4.98 Å². The highest BCUT2D eigenvalue weighted by Crippen LogP contribution is 2.31. The molecule has 0 unspecified atom stereocenters. The van der Waals surface area contributed by atoms with E-state index < -0.39 is 0 Å². The number of para-hydroxylation sites is 1. The van der Waals surface area contributed by atoms with E-state index in [0.29, 0.717) is 42.4 Å². The number of thiazole rings is 1. The number of likely N-dealkylation sites (tertiary alicyclic amines) is 1. The molecule has 4 rings (SSSR count). The number of thioether (sulfide) groups is 1. The second-order valence-corrected chi connectivity index (χ2v) is 8.55. The molecule has 146 valence electrons. The molecule has 0 N–H and O–H groups in total. The Labute approximate surface area is 169 Å². The number of carbonyl (C=O) groups excluding carboxylic acids is 1. The smallest absolute Gasteiger partial charge is 0.274 e. The Balaban J connectivity index is 1.27. The lowest BCUT2D eigenvalue weighted by atomic mass is 10.1. The Kier molecular flexibility index (Phi) is 5.77. The summed E-state index contributed by atoms with van der Waals surface area (Å²) >= 11 is 2.74. The van der Waals surface area contributed by atoms with Gasteiger partial charge in [0.1, 0.15) is 23.3 Å². The minimum Gasteiger partial charge on any atom is -0.467 e. The number of benzene rings is 2. The van der Waals surface area contributed by atoms with Gasteiger partial charge in [-0.05, 0) is 36.4 Å². The minimum absolute atomic E-state index is 0.0302. The van der Waals surface area contributed by atoms with E-state index in [4.69, 9.17) is 4.74 Å². The molecule has 1 saturated heterocycles. The lowest BCUT2D eigenvalue weighted by Gasteiger charge is -2.31. The Bertz CT molecular complexity index is 970. The van der Waals surface area contributed by atoms with Crippen molar-refractivity contribution >= 4 is 39.2 Å². The zero-order chi connectivity index (χ0) is 19.5. The zero-order valence-corrected chi connectivity index (χ0v) is 16.6. The predicted octanol–water partition coefficient (Wildman–Crippen LogP) is 4.74. The van der Waals surface area contributed by atoms with Crippen LogP contribution in [0.4, 0.5) is 8.78 Å². The molecule has 28 heavy (non-hydrogen) atoms. The van der Waals surface area contributed by atoms with E-state index >= 15 is 0 Å². The van der Waals surface area contributed by atoms with Gasteiger partial charge in [-0.15, -0.1) is 11.8 Å². The number of hydrogen-bond acceptors (Lipinski definition) is 5. The molecule has 1 aromatic heterocycles. The van der Waals surface area contributed by atoms with Crippen molar-refractivity contribution in [2.45, 2.75) is 23.8 Å². The Morgan fingerprint density at radius 2 is 1.93 bits per heavy atom. The monoisotopic (exact) mass is 420 g/mol. The van der Waals surface area contributed by atoms with E-state index in [-0.39, 0.29) is 23.6 Å². The highest BCUT2D eigenvalue weighted by Gasteiger charge is 2.25. The van der Waals surface area contributed by atoms with Gasteiger partial charge in [-0.25, -0.2) is 8.78 Å². The van der Waals surface area contributed by atoms with Crippen molar-refractivity contribution in [2.24, 2.45) is 0 Å². The summed E-state index contributed by atoms with van der Waals surface area (Å²) in [7, 11) is 0. The lowest BCUT2D eigenvalue weighted by Crippen LogP contribution is -2.42. The fraction of sp³-hybridized carbons (Fsp3) is 0.300. The highest BCUT2D eigenvalue weighted by molar-refractivity contribution is 8.00. The molecule has 0 spiro atoms. The van der Waals surface area contributed by atoms with Crippen LogP contribution in [0.5, 0.6) is 5.19 Å². The van der Waals surface area contributed by atoms with E-state index in [1.54, 1.807) is 18.2 Å². The summed E-state index contributed by atoms with van der Waals surface area (Å²) in [5, 5.41) is 0.469. The van der Waals surface area contributed by atoms with Gasteiger partial charge in [0.15, 0.2) is 0 Å². The molecule has 2 heterocycles. The Hall–Kier alpha value is -2.19. The van der Waals surface area contributed by atoms with Crippen LogP contribution in [0.2, 0.25) is 0 Å². The normalized spacial score (nSPS) is 15.1. The average molecular weight is 421 g/mol. The number of carbonyl (C=O) groups is 1. The molecule has 0 bridgehead atoms. The quantitative estimate of drug-likeness (QED) is 0.560. The number of halogens is 2. The molecule has 0 aliphatic carbocycles. The molecule has 1 amide bonds. The van der Waals surface area contributed by atoms with Crippen molar-refractivity contribution < 1.29 is 18.3 Å². The van der Waals surface area contributed by atoms with Gasteiger partial charge in [0.2, 0.25) is 5.91 Å². The third kappa shape index (κ3) is 4.44. The van der Waals surface area contributed by atoms with Crippen LogP contribution in [-0.4, -0.2) is 40.7 Å². The molecular formula is C20H18F2N2O2S2. The number of ether oxygens (including phenoxy) is 1. The SMILES string of the molecule is O=C(CSc1ccc(F)cc1)N1CCC(Oc2nc3c(F)cccc3s2)CC1. The van der Waals surface area contributed by atoms with E-state index in [1.165, 1.54) is 41.3 Å². The van der Waals surface area contributed by atoms with Crippen LogP contribution in [0.15, 0.2) is 47.4 Å². The number of hydrogen-bond donors (Lipinski definition) is 0. The summed E-state index contributed by atoms with van der Waals surface area (Å²) in [6, 6.07) is 11.0. The number of fused-ring (bicyclic) bond motifs is 1. The third-order valence-corrected chi connectivity index (χ3v) is 6.50. The molecule has 8 heteroatoms. The first kappa shape index (κ1) is 19.1. The Morgan fingerprint density at radius 3 is 2.64 bits per heavy atom. The number of piperidine rings is 1. The van der Waals surface area contributed by atoms with Gasteiger partial charge in [-0.3, -0.25) is 4.79 Å². The third-order valence-electron chi connectivity index (χ3n) is 4.59. The van der Waals surface area contributed by atoms with E-state index in [2.05, 4.69) is 4.98 Å². The largest absolute Gasteiger partial charge is 0.467 e. The summed E-state index contributed by atoms with van der Waals surface area (Å²) in [6.07, 6.45) is 1.40. The molecule has 0 saturated carbocycles. The van der Waals surface area contributed by atoms with Crippen LogP contribution >= 0.6 is 23.1 Å². The Morgan fingerprint density at radius 1 is 1.18 bits per heavy atom. The average Bonchev–Trinajstić information content (AvgIpc) is 3.12. The molecule has 1 aliphatic rings. The standard InChI is InChI=1S/C20H18F2N2O2S2/c21-13-4-6-15(7-5-13)27-12-18(25)24-10-8-14(9-11-24)26-20-23-19-16(22)2-1-3-17(19)28-20/h1-7,14H,8-12H2. The van der Waals surface area contributed by atoms with Crippen LogP contribution in [-0.2, 0) is 4.79 Å². The van der Waals surface area contributed by atoms with Crippen molar-refractivity contribution in [3.63, 3.8) is 0 Å². The van der Waals surface area contributed by atoms with Gasteiger partial charge in [0.25, 0.3) is 5.19 Å². The maximum atomic E-state index is 13.8. The first-order valence-electron chi connectivity index (χ1n) is 8.96.